The van der Waals surface area contributed by atoms with E-state index < -0.39 is 9.84 Å². The maximum absolute atomic E-state index is 11.1. The molecule has 0 saturated heterocycles. The van der Waals surface area contributed by atoms with Crippen LogP contribution in [0.3, 0.4) is 0 Å². The SMILES string of the molecule is CCC1CCSC(NC(C)CS(C)(=O)=O)=N1. The number of hydrogen-bond donors (Lipinski definition) is 1. The van der Waals surface area contributed by atoms with Crippen molar-refractivity contribution >= 4 is 26.8 Å². The molecular formula is C10H20N2O2S2. The van der Waals surface area contributed by atoms with E-state index in [1.54, 1.807) is 11.8 Å². The second-order valence-corrected chi connectivity index (χ2v) is 7.54. The van der Waals surface area contributed by atoms with Crippen LogP contribution in [0.25, 0.3) is 0 Å². The Bertz CT molecular complexity index is 352. The van der Waals surface area contributed by atoms with Gasteiger partial charge in [-0.2, -0.15) is 0 Å². The maximum Gasteiger partial charge on any atom is 0.157 e. The number of nitrogens with one attached hydrogen (secondary N) is 1. The van der Waals surface area contributed by atoms with Gasteiger partial charge in [0.25, 0.3) is 0 Å². The molecule has 0 spiro atoms. The molecule has 16 heavy (non-hydrogen) atoms. The second kappa shape index (κ2) is 5.91. The minimum Gasteiger partial charge on any atom is -0.361 e. The van der Waals surface area contributed by atoms with Gasteiger partial charge in [0.1, 0.15) is 9.84 Å². The molecule has 1 aliphatic rings. The van der Waals surface area contributed by atoms with Crippen LogP contribution >= 0.6 is 11.8 Å². The van der Waals surface area contributed by atoms with Crippen molar-refractivity contribution in [3.8, 4) is 0 Å². The molecule has 0 aromatic rings. The van der Waals surface area contributed by atoms with E-state index in [0.29, 0.717) is 6.04 Å². The van der Waals surface area contributed by atoms with Crippen molar-refractivity contribution in [1.82, 2.24) is 5.32 Å². The second-order valence-electron chi connectivity index (χ2n) is 4.27. The van der Waals surface area contributed by atoms with E-state index in [4.69, 9.17) is 0 Å². The predicted molar refractivity (Wildman–Crippen MR) is 70.9 cm³/mol. The van der Waals surface area contributed by atoms with Crippen LogP contribution in [0.4, 0.5) is 0 Å². The smallest absolute Gasteiger partial charge is 0.157 e. The molecule has 94 valence electrons. The van der Waals surface area contributed by atoms with Crippen LogP contribution in [0.2, 0.25) is 0 Å². The highest BCUT2D eigenvalue weighted by Gasteiger charge is 2.17. The minimum atomic E-state index is -2.92. The van der Waals surface area contributed by atoms with E-state index in [-0.39, 0.29) is 11.8 Å². The van der Waals surface area contributed by atoms with Gasteiger partial charge in [-0.1, -0.05) is 18.7 Å². The molecule has 1 N–H and O–H groups in total. The highest BCUT2D eigenvalue weighted by atomic mass is 32.2. The van der Waals surface area contributed by atoms with Crippen LogP contribution in [0, 0.1) is 0 Å². The number of hydrogen-bond acceptors (Lipinski definition) is 5. The lowest BCUT2D eigenvalue weighted by atomic mass is 10.2. The average Bonchev–Trinajstić information content (AvgIpc) is 2.15. The largest absolute Gasteiger partial charge is 0.361 e. The molecule has 0 saturated carbocycles. The van der Waals surface area contributed by atoms with E-state index in [1.165, 1.54) is 6.26 Å². The maximum atomic E-state index is 11.1. The molecule has 1 rings (SSSR count). The van der Waals surface area contributed by atoms with Gasteiger partial charge in [0.05, 0.1) is 11.8 Å². The molecular weight excluding hydrogens is 244 g/mol. The first-order valence-corrected chi connectivity index (χ1v) is 8.60. The van der Waals surface area contributed by atoms with Gasteiger partial charge >= 0.3 is 0 Å². The summed E-state index contributed by atoms with van der Waals surface area (Å²) < 4.78 is 22.2. The summed E-state index contributed by atoms with van der Waals surface area (Å²) in [6.45, 7) is 4.00. The molecule has 1 heterocycles. The van der Waals surface area contributed by atoms with Crippen molar-refractivity contribution in [3.63, 3.8) is 0 Å². The van der Waals surface area contributed by atoms with E-state index in [2.05, 4.69) is 17.2 Å². The minimum absolute atomic E-state index is 0.0724. The van der Waals surface area contributed by atoms with Gasteiger partial charge in [-0.25, -0.2) is 8.42 Å². The number of aliphatic imine (C=N–C) groups is 1. The monoisotopic (exact) mass is 264 g/mol. The van der Waals surface area contributed by atoms with Crippen molar-refractivity contribution < 1.29 is 8.42 Å². The molecule has 2 unspecified atom stereocenters. The lowest BCUT2D eigenvalue weighted by Crippen LogP contribution is -2.37. The summed E-state index contributed by atoms with van der Waals surface area (Å²) in [5.41, 5.74) is 0. The topological polar surface area (TPSA) is 58.5 Å². The zero-order chi connectivity index (χ0) is 12.2. The van der Waals surface area contributed by atoms with Gasteiger partial charge < -0.3 is 5.32 Å². The van der Waals surface area contributed by atoms with Crippen molar-refractivity contribution in [3.05, 3.63) is 0 Å². The predicted octanol–water partition coefficient (Wildman–Crippen LogP) is 1.28. The van der Waals surface area contributed by atoms with Crippen LogP contribution in [0.1, 0.15) is 26.7 Å². The van der Waals surface area contributed by atoms with Gasteiger partial charge in [-0.05, 0) is 19.8 Å². The molecule has 2 atom stereocenters. The Morgan fingerprint density at radius 2 is 2.31 bits per heavy atom. The Hall–Kier alpha value is -0.230. The first-order valence-electron chi connectivity index (χ1n) is 5.55. The number of nitrogens with zero attached hydrogens (tertiary/aromatic N) is 1. The standard InChI is InChI=1S/C10H20N2O2S2/c1-4-9-5-6-15-10(12-9)11-8(2)7-16(3,13)14/h8-9H,4-7H2,1-3H3,(H,11,12). The molecule has 4 nitrogen and oxygen atoms in total. The van der Waals surface area contributed by atoms with Crippen molar-refractivity contribution in [2.45, 2.75) is 38.8 Å². The van der Waals surface area contributed by atoms with Crippen molar-refractivity contribution in [2.75, 3.05) is 17.8 Å². The third-order valence-corrected chi connectivity index (χ3v) is 4.43. The summed E-state index contributed by atoms with van der Waals surface area (Å²) in [7, 11) is -2.92. The summed E-state index contributed by atoms with van der Waals surface area (Å²) in [6.07, 6.45) is 3.43. The summed E-state index contributed by atoms with van der Waals surface area (Å²) in [5, 5.41) is 4.07. The van der Waals surface area contributed by atoms with E-state index in [0.717, 1.165) is 23.8 Å². The van der Waals surface area contributed by atoms with Crippen LogP contribution < -0.4 is 5.32 Å². The molecule has 0 aliphatic carbocycles. The van der Waals surface area contributed by atoms with E-state index in [9.17, 15) is 8.42 Å². The molecule has 6 heteroatoms. The first-order chi connectivity index (χ1) is 7.40. The first kappa shape index (κ1) is 13.8. The Morgan fingerprint density at radius 1 is 1.62 bits per heavy atom. The van der Waals surface area contributed by atoms with Gasteiger partial charge in [-0.3, -0.25) is 4.99 Å². The lowest BCUT2D eigenvalue weighted by Gasteiger charge is -2.22. The molecule has 0 fully saturated rings. The fraction of sp³-hybridized carbons (Fsp3) is 0.900. The van der Waals surface area contributed by atoms with Crippen LogP contribution in [0.15, 0.2) is 4.99 Å². The van der Waals surface area contributed by atoms with Gasteiger partial charge in [-0.15, -0.1) is 0 Å². The molecule has 0 aromatic carbocycles. The molecule has 1 aliphatic heterocycles. The van der Waals surface area contributed by atoms with Crippen LogP contribution in [-0.2, 0) is 9.84 Å². The third-order valence-electron chi connectivity index (χ3n) is 2.38. The van der Waals surface area contributed by atoms with Gasteiger partial charge in [0.15, 0.2) is 5.17 Å². The number of sulfone groups is 1. The van der Waals surface area contributed by atoms with Gasteiger partial charge in [0, 0.05) is 18.1 Å². The number of thioether (sulfide) groups is 1. The molecule has 0 bridgehead atoms. The highest BCUT2D eigenvalue weighted by Crippen LogP contribution is 2.18. The Labute approximate surface area is 102 Å². The molecule has 0 amide bonds. The number of amidine groups is 1. The van der Waals surface area contributed by atoms with Crippen LogP contribution in [0.5, 0.6) is 0 Å². The van der Waals surface area contributed by atoms with Gasteiger partial charge in [0.2, 0.25) is 0 Å². The molecule has 0 radical (unpaired) electrons. The Balaban J connectivity index is 2.50. The lowest BCUT2D eigenvalue weighted by molar-refractivity contribution is 0.589. The fourth-order valence-corrected chi connectivity index (χ4v) is 3.72. The normalized spacial score (nSPS) is 23.7. The van der Waals surface area contributed by atoms with E-state index >= 15 is 0 Å². The zero-order valence-electron chi connectivity index (χ0n) is 10.1. The van der Waals surface area contributed by atoms with Crippen molar-refractivity contribution in [2.24, 2.45) is 4.99 Å². The fourth-order valence-electron chi connectivity index (χ4n) is 1.64. The Kier molecular flexibility index (Phi) is 5.11. The van der Waals surface area contributed by atoms with Crippen molar-refractivity contribution in [1.29, 1.82) is 0 Å². The summed E-state index contributed by atoms with van der Waals surface area (Å²) >= 11 is 1.68. The van der Waals surface area contributed by atoms with E-state index in [1.807, 2.05) is 6.92 Å². The Morgan fingerprint density at radius 3 is 2.88 bits per heavy atom. The quantitative estimate of drug-likeness (QED) is 0.831. The highest BCUT2D eigenvalue weighted by molar-refractivity contribution is 8.13. The summed E-state index contributed by atoms with van der Waals surface area (Å²) in [5.74, 6) is 1.22. The van der Waals surface area contributed by atoms with Crippen LogP contribution in [-0.4, -0.2) is 43.4 Å². The summed E-state index contributed by atoms with van der Waals surface area (Å²) in [4.78, 5) is 4.54. The average molecular weight is 264 g/mol. The zero-order valence-corrected chi connectivity index (χ0v) is 11.7. The molecule has 0 aromatic heterocycles. The summed E-state index contributed by atoms with van der Waals surface area (Å²) in [6, 6.07) is 0.325. The number of rotatable bonds is 4. The third kappa shape index (κ3) is 5.21.